The van der Waals surface area contributed by atoms with Crippen molar-refractivity contribution in [2.24, 2.45) is 0 Å². The number of oxazole rings is 1. The second kappa shape index (κ2) is 13.5. The third-order valence-corrected chi connectivity index (χ3v) is 5.26. The van der Waals surface area contributed by atoms with Crippen molar-refractivity contribution in [2.75, 3.05) is 63.0 Å². The number of aromatic nitrogens is 1. The number of benzene rings is 2. The third kappa shape index (κ3) is 9.24. The number of nitriles is 1. The molecular weight excluding hydrogens is 484 g/mol. The van der Waals surface area contributed by atoms with Crippen LogP contribution in [0.25, 0.3) is 11.3 Å². The Bertz CT molecular complexity index is 1250. The summed E-state index contributed by atoms with van der Waals surface area (Å²) in [6.45, 7) is 2.69. The molecule has 0 aliphatic rings. The van der Waals surface area contributed by atoms with Gasteiger partial charge in [-0.15, -0.1) is 0 Å². The van der Waals surface area contributed by atoms with Crippen molar-refractivity contribution in [3.63, 3.8) is 0 Å². The van der Waals surface area contributed by atoms with Gasteiger partial charge < -0.3 is 33.4 Å². The van der Waals surface area contributed by atoms with Crippen LogP contribution < -0.4 is 14.8 Å². The lowest BCUT2D eigenvalue weighted by atomic mass is 10.1. The van der Waals surface area contributed by atoms with E-state index < -0.39 is 9.71 Å². The van der Waals surface area contributed by atoms with Crippen LogP contribution in [0.1, 0.15) is 5.56 Å². The Kier molecular flexibility index (Phi) is 10.1. The van der Waals surface area contributed by atoms with Crippen molar-refractivity contribution >= 4 is 33.0 Å². The average Bonchev–Trinajstić information content (AvgIpc) is 3.30. The van der Waals surface area contributed by atoms with Gasteiger partial charge in [-0.1, -0.05) is 0 Å². The summed E-state index contributed by atoms with van der Waals surface area (Å²) < 4.78 is 42.5. The largest absolute Gasteiger partial charge is 0.491 e. The molecule has 0 aliphatic carbocycles. The fourth-order valence-corrected chi connectivity index (χ4v) is 3.66. The molecule has 0 spiro atoms. The molecule has 3 rings (SSSR count). The summed E-state index contributed by atoms with van der Waals surface area (Å²) in [6, 6.07) is 14.6. The van der Waals surface area contributed by atoms with Crippen molar-refractivity contribution in [3.05, 3.63) is 54.2 Å². The van der Waals surface area contributed by atoms with E-state index in [-0.39, 0.29) is 6.01 Å². The van der Waals surface area contributed by atoms with Crippen molar-refractivity contribution in [1.29, 1.82) is 5.26 Å². The maximum atomic E-state index is 12.2. The average molecular weight is 515 g/mol. The molecule has 192 valence electrons. The maximum Gasteiger partial charge on any atom is 0.299 e. The molecule has 0 saturated heterocycles. The zero-order valence-corrected chi connectivity index (χ0v) is 21.1. The number of nitrogens with one attached hydrogen (secondary N) is 2. The molecular formula is C25H30N4O6S. The molecule has 0 fully saturated rings. The molecule has 3 aromatic rings. The minimum absolute atomic E-state index is 0.265. The first-order valence-corrected chi connectivity index (χ1v) is 13.3. The minimum Gasteiger partial charge on any atom is -0.491 e. The number of ether oxygens (including phenoxy) is 4. The highest BCUT2D eigenvalue weighted by atomic mass is 32.2. The van der Waals surface area contributed by atoms with Crippen molar-refractivity contribution in [3.8, 4) is 23.1 Å². The molecule has 0 amide bonds. The first kappa shape index (κ1) is 27.0. The van der Waals surface area contributed by atoms with E-state index >= 15 is 0 Å². The van der Waals surface area contributed by atoms with Crippen molar-refractivity contribution in [2.45, 2.75) is 0 Å². The maximum absolute atomic E-state index is 12.2. The summed E-state index contributed by atoms with van der Waals surface area (Å²) >= 11 is 0. The normalized spacial score (nSPS) is 12.5. The van der Waals surface area contributed by atoms with E-state index in [2.05, 4.69) is 27.0 Å². The van der Waals surface area contributed by atoms with Crippen LogP contribution in [0.3, 0.4) is 0 Å². The molecule has 10 nitrogen and oxygen atoms in total. The Labute approximate surface area is 211 Å². The van der Waals surface area contributed by atoms with Crippen LogP contribution in [-0.4, -0.2) is 68.1 Å². The fraction of sp³-hybridized carbons (Fsp3) is 0.320. The van der Waals surface area contributed by atoms with Gasteiger partial charge >= 0.3 is 0 Å². The van der Waals surface area contributed by atoms with Gasteiger partial charge in [0.15, 0.2) is 5.76 Å². The van der Waals surface area contributed by atoms with E-state index in [4.69, 9.17) is 28.6 Å². The van der Waals surface area contributed by atoms with E-state index in [9.17, 15) is 4.21 Å². The van der Waals surface area contributed by atoms with E-state index in [1.165, 1.54) is 6.26 Å². The number of methoxy groups -OCH3 is 1. The van der Waals surface area contributed by atoms with Gasteiger partial charge in [-0.2, -0.15) is 5.26 Å². The number of nitrogens with zero attached hydrogens (tertiary/aromatic N) is 2. The minimum atomic E-state index is -2.51. The van der Waals surface area contributed by atoms with Crippen molar-refractivity contribution in [1.82, 2.24) is 4.98 Å². The Morgan fingerprint density at radius 3 is 2.36 bits per heavy atom. The van der Waals surface area contributed by atoms with Crippen LogP contribution in [-0.2, 0) is 23.9 Å². The summed E-state index contributed by atoms with van der Waals surface area (Å²) in [5, 5.41) is 12.1. The number of hydrogen-bond acceptors (Lipinski definition) is 9. The second-order valence-electron chi connectivity index (χ2n) is 7.76. The van der Waals surface area contributed by atoms with Gasteiger partial charge in [0, 0.05) is 46.5 Å². The highest BCUT2D eigenvalue weighted by Gasteiger charge is 2.10. The van der Waals surface area contributed by atoms with Gasteiger partial charge in [-0.25, -0.2) is 9.19 Å². The molecule has 1 atom stereocenters. The predicted octanol–water partition coefficient (Wildman–Crippen LogP) is 3.69. The smallest absolute Gasteiger partial charge is 0.299 e. The van der Waals surface area contributed by atoms with E-state index in [0.29, 0.717) is 68.1 Å². The fourth-order valence-electron chi connectivity index (χ4n) is 3.04. The standard InChI is InChI=1S/C25H30N4O6S/c1-31-8-9-32-10-11-33-12-13-34-23-15-21(14-22(16-23)29-36(2,3)30)28-25-27-18-24(35-25)20-6-4-19(17-26)5-7-20/h4-7,14-16,18H,2,8-13H2,1,3H3,(H,27,28)(H,29,30). The van der Waals surface area contributed by atoms with Gasteiger partial charge in [-0.05, 0) is 36.2 Å². The molecule has 1 heterocycles. The van der Waals surface area contributed by atoms with E-state index in [1.54, 1.807) is 55.8 Å². The summed E-state index contributed by atoms with van der Waals surface area (Å²) in [4.78, 5) is 4.27. The summed E-state index contributed by atoms with van der Waals surface area (Å²) in [5.41, 5.74) is 2.52. The lowest BCUT2D eigenvalue weighted by Crippen LogP contribution is -2.13. The van der Waals surface area contributed by atoms with Gasteiger partial charge in [0.2, 0.25) is 0 Å². The molecule has 36 heavy (non-hydrogen) atoms. The highest BCUT2D eigenvalue weighted by Crippen LogP contribution is 2.29. The molecule has 1 unspecified atom stereocenters. The lowest BCUT2D eigenvalue weighted by molar-refractivity contribution is 0.0180. The SMILES string of the molecule is C=S(C)(=O)Nc1cc(Nc2ncc(-c3ccc(C#N)cc3)o2)cc(OCCOCCOCCOC)c1. The van der Waals surface area contributed by atoms with Crippen LogP contribution in [0.4, 0.5) is 17.4 Å². The van der Waals surface area contributed by atoms with Crippen molar-refractivity contribution < 1.29 is 27.6 Å². The second-order valence-corrected chi connectivity index (χ2v) is 9.98. The summed E-state index contributed by atoms with van der Waals surface area (Å²) in [5.74, 6) is 4.72. The van der Waals surface area contributed by atoms with Gasteiger partial charge in [0.1, 0.15) is 12.4 Å². The zero-order valence-electron chi connectivity index (χ0n) is 20.3. The van der Waals surface area contributed by atoms with E-state index in [0.717, 1.165) is 5.56 Å². The molecule has 0 aliphatic heterocycles. The molecule has 2 N–H and O–H groups in total. The predicted molar refractivity (Wildman–Crippen MR) is 140 cm³/mol. The van der Waals surface area contributed by atoms with Crippen LogP contribution in [0.15, 0.2) is 53.1 Å². The van der Waals surface area contributed by atoms with Gasteiger partial charge in [0.05, 0.1) is 56.6 Å². The van der Waals surface area contributed by atoms with Crippen LogP contribution in [0, 0.1) is 11.3 Å². The zero-order chi connectivity index (χ0) is 25.8. The summed E-state index contributed by atoms with van der Waals surface area (Å²) in [6.07, 6.45) is 3.10. The number of rotatable bonds is 15. The first-order valence-electron chi connectivity index (χ1n) is 11.1. The van der Waals surface area contributed by atoms with Crippen LogP contribution >= 0.6 is 0 Å². The lowest BCUT2D eigenvalue weighted by Gasteiger charge is -2.14. The Morgan fingerprint density at radius 1 is 1.03 bits per heavy atom. The number of hydrogen-bond donors (Lipinski definition) is 2. The van der Waals surface area contributed by atoms with Crippen LogP contribution in [0.5, 0.6) is 5.75 Å². The van der Waals surface area contributed by atoms with Crippen LogP contribution in [0.2, 0.25) is 0 Å². The van der Waals surface area contributed by atoms with Gasteiger partial charge in [-0.3, -0.25) is 0 Å². The Balaban J connectivity index is 1.62. The quantitative estimate of drug-likeness (QED) is 0.230. The molecule has 0 radical (unpaired) electrons. The number of anilines is 3. The topological polar surface area (TPSA) is 128 Å². The highest BCUT2D eigenvalue weighted by molar-refractivity contribution is 8.00. The molecule has 1 aromatic heterocycles. The first-order chi connectivity index (χ1) is 17.4. The Morgan fingerprint density at radius 2 is 1.69 bits per heavy atom. The molecule has 0 saturated carbocycles. The van der Waals surface area contributed by atoms with E-state index in [1.807, 2.05) is 0 Å². The molecule has 0 bridgehead atoms. The summed E-state index contributed by atoms with van der Waals surface area (Å²) in [7, 11) is -0.883. The van der Waals surface area contributed by atoms with Gasteiger partial charge in [0.25, 0.3) is 6.01 Å². The molecule has 2 aromatic carbocycles. The monoisotopic (exact) mass is 514 g/mol. The molecule has 11 heteroatoms. The third-order valence-electron chi connectivity index (χ3n) is 4.60. The Hall–Kier alpha value is -3.56.